The van der Waals surface area contributed by atoms with E-state index in [0.717, 1.165) is 18.5 Å². The Hall–Kier alpha value is -1.85. The minimum Gasteiger partial charge on any atom is -0.441 e. The summed E-state index contributed by atoms with van der Waals surface area (Å²) in [4.78, 5) is 0. The highest BCUT2D eigenvalue weighted by Gasteiger charge is 2.41. The number of halogens is 2. The molecule has 0 spiro atoms. The third-order valence-electron chi connectivity index (χ3n) is 3.31. The number of fused-ring (bicyclic) bond motifs is 1. The van der Waals surface area contributed by atoms with Gasteiger partial charge in [0, 0.05) is 12.3 Å². The summed E-state index contributed by atoms with van der Waals surface area (Å²) in [6.07, 6.45) is 1.90. The first-order valence-corrected chi connectivity index (χ1v) is 6.49. The van der Waals surface area contributed by atoms with Crippen LogP contribution < -0.4 is 10.2 Å². The molecule has 3 rings (SSSR count). The Morgan fingerprint density at radius 1 is 1.35 bits per heavy atom. The SMILES string of the molecule is Cc1cn(-c2ccc3c(c2)OC(F)(F)[B]3)nc1C(C)C. The van der Waals surface area contributed by atoms with Crippen molar-refractivity contribution in [3.05, 3.63) is 35.7 Å². The largest absolute Gasteiger partial charge is 0.441 e. The van der Waals surface area contributed by atoms with Crippen molar-refractivity contribution < 1.29 is 13.5 Å². The third-order valence-corrected chi connectivity index (χ3v) is 3.31. The first kappa shape index (κ1) is 13.2. The highest BCUT2D eigenvalue weighted by Crippen LogP contribution is 2.28. The van der Waals surface area contributed by atoms with Crippen LogP contribution in [0.3, 0.4) is 0 Å². The molecule has 0 N–H and O–H groups in total. The van der Waals surface area contributed by atoms with Crippen LogP contribution in [-0.4, -0.2) is 23.1 Å². The van der Waals surface area contributed by atoms with Gasteiger partial charge in [0.15, 0.2) is 0 Å². The van der Waals surface area contributed by atoms with Gasteiger partial charge in [-0.25, -0.2) is 4.68 Å². The van der Waals surface area contributed by atoms with Crippen molar-refractivity contribution in [2.75, 3.05) is 0 Å². The molecule has 0 amide bonds. The minimum atomic E-state index is -3.22. The van der Waals surface area contributed by atoms with Crippen LogP contribution in [0.1, 0.15) is 31.0 Å². The second kappa shape index (κ2) is 4.33. The summed E-state index contributed by atoms with van der Waals surface area (Å²) in [5.41, 5.74) is 3.21. The van der Waals surface area contributed by atoms with E-state index in [1.165, 1.54) is 0 Å². The number of hydrogen-bond acceptors (Lipinski definition) is 2. The molecule has 0 bridgehead atoms. The summed E-state index contributed by atoms with van der Waals surface area (Å²) in [5, 5.41) is 4.50. The van der Waals surface area contributed by atoms with E-state index < -0.39 is 6.01 Å². The lowest BCUT2D eigenvalue weighted by atomic mass is 9.70. The molecular formula is C14H14BF2N2O. The van der Waals surface area contributed by atoms with Crippen molar-refractivity contribution in [1.29, 1.82) is 0 Å². The average molecular weight is 275 g/mol. The van der Waals surface area contributed by atoms with E-state index in [1.54, 1.807) is 22.9 Å². The van der Waals surface area contributed by atoms with Crippen molar-refractivity contribution in [1.82, 2.24) is 9.78 Å². The van der Waals surface area contributed by atoms with E-state index >= 15 is 0 Å². The molecule has 3 nitrogen and oxygen atoms in total. The Morgan fingerprint density at radius 2 is 2.10 bits per heavy atom. The van der Waals surface area contributed by atoms with Gasteiger partial charge in [0.2, 0.25) is 0 Å². The van der Waals surface area contributed by atoms with Gasteiger partial charge in [-0.05, 0) is 29.9 Å². The molecule has 20 heavy (non-hydrogen) atoms. The fraction of sp³-hybridized carbons (Fsp3) is 0.357. The zero-order valence-electron chi connectivity index (χ0n) is 11.5. The normalized spacial score (nSPS) is 15.9. The van der Waals surface area contributed by atoms with Crippen molar-refractivity contribution >= 4 is 12.7 Å². The first-order chi connectivity index (χ1) is 9.35. The number of aryl methyl sites for hydroxylation is 1. The molecule has 6 heteroatoms. The van der Waals surface area contributed by atoms with Gasteiger partial charge in [0.05, 0.1) is 11.4 Å². The Balaban J connectivity index is 1.99. The van der Waals surface area contributed by atoms with Crippen molar-refractivity contribution in [3.8, 4) is 11.4 Å². The second-order valence-electron chi connectivity index (χ2n) is 5.33. The van der Waals surface area contributed by atoms with E-state index in [-0.39, 0.29) is 5.75 Å². The van der Waals surface area contributed by atoms with Crippen LogP contribution in [0.15, 0.2) is 24.4 Å². The van der Waals surface area contributed by atoms with E-state index in [9.17, 15) is 8.78 Å². The van der Waals surface area contributed by atoms with Gasteiger partial charge in [0.25, 0.3) is 0 Å². The van der Waals surface area contributed by atoms with Crippen molar-refractivity contribution in [2.24, 2.45) is 0 Å². The number of rotatable bonds is 2. The van der Waals surface area contributed by atoms with Gasteiger partial charge in [-0.15, -0.1) is 0 Å². The maximum absolute atomic E-state index is 13.1. The Bertz CT molecular complexity index is 667. The topological polar surface area (TPSA) is 27.1 Å². The highest BCUT2D eigenvalue weighted by molar-refractivity contribution is 6.58. The van der Waals surface area contributed by atoms with Gasteiger partial charge in [-0.1, -0.05) is 19.9 Å². The van der Waals surface area contributed by atoms with Crippen LogP contribution in [0.25, 0.3) is 5.69 Å². The van der Waals surface area contributed by atoms with E-state index in [2.05, 4.69) is 23.7 Å². The molecule has 0 aliphatic carbocycles. The minimum absolute atomic E-state index is 0.187. The third kappa shape index (κ3) is 2.19. The van der Waals surface area contributed by atoms with Crippen LogP contribution in [0, 0.1) is 6.92 Å². The number of ether oxygens (including phenoxy) is 1. The lowest BCUT2D eigenvalue weighted by Crippen LogP contribution is -2.30. The fourth-order valence-corrected chi connectivity index (χ4v) is 2.41. The maximum Gasteiger partial charge on any atom is 0.350 e. The summed E-state index contributed by atoms with van der Waals surface area (Å²) >= 11 is 0. The smallest absolute Gasteiger partial charge is 0.350 e. The zero-order chi connectivity index (χ0) is 14.5. The average Bonchev–Trinajstić information content (AvgIpc) is 2.86. The van der Waals surface area contributed by atoms with Crippen molar-refractivity contribution in [3.63, 3.8) is 0 Å². The monoisotopic (exact) mass is 275 g/mol. The summed E-state index contributed by atoms with van der Waals surface area (Å²) in [6.45, 7) is 6.13. The summed E-state index contributed by atoms with van der Waals surface area (Å²) in [6, 6.07) is 1.75. The van der Waals surface area contributed by atoms with Gasteiger partial charge >= 0.3 is 13.3 Å². The summed E-state index contributed by atoms with van der Waals surface area (Å²) < 4.78 is 32.6. The molecule has 1 aliphatic rings. The Morgan fingerprint density at radius 3 is 2.75 bits per heavy atom. The zero-order valence-corrected chi connectivity index (χ0v) is 11.5. The first-order valence-electron chi connectivity index (χ1n) is 6.49. The molecule has 1 aromatic heterocycles. The van der Waals surface area contributed by atoms with E-state index in [4.69, 9.17) is 0 Å². The molecule has 0 fully saturated rings. The van der Waals surface area contributed by atoms with Crippen LogP contribution in [0.2, 0.25) is 0 Å². The molecule has 2 heterocycles. The number of benzene rings is 1. The number of nitrogens with zero attached hydrogens (tertiary/aromatic N) is 2. The second-order valence-corrected chi connectivity index (χ2v) is 5.33. The quantitative estimate of drug-likeness (QED) is 0.788. The van der Waals surface area contributed by atoms with Gasteiger partial charge in [-0.3, -0.25) is 0 Å². The lowest BCUT2D eigenvalue weighted by Gasteiger charge is -2.09. The molecule has 0 saturated heterocycles. The molecule has 1 aliphatic heterocycles. The molecule has 103 valence electrons. The number of hydrogen-bond donors (Lipinski definition) is 0. The lowest BCUT2D eigenvalue weighted by molar-refractivity contribution is -0.0930. The number of alkyl halides is 2. The van der Waals surface area contributed by atoms with E-state index in [0.29, 0.717) is 17.1 Å². The van der Waals surface area contributed by atoms with Crippen molar-refractivity contribution in [2.45, 2.75) is 32.7 Å². The summed E-state index contributed by atoms with van der Waals surface area (Å²) in [5.74, 6) is 0.506. The predicted octanol–water partition coefficient (Wildman–Crippen LogP) is 2.58. The highest BCUT2D eigenvalue weighted by atomic mass is 19.3. The standard InChI is InChI=1S/C14H14BF2N2O/c1-8(2)13-9(3)7-19(18-13)10-4-5-11-12(6-10)20-14(16,17)15-11/h4-8H,1-3H3. The molecule has 2 aromatic rings. The van der Waals surface area contributed by atoms with Gasteiger partial charge in [-0.2, -0.15) is 13.9 Å². The molecule has 1 radical (unpaired) electrons. The molecule has 1 aromatic carbocycles. The molecule has 0 atom stereocenters. The van der Waals surface area contributed by atoms with Gasteiger partial charge < -0.3 is 4.74 Å². The Labute approximate surface area is 116 Å². The predicted molar refractivity (Wildman–Crippen MR) is 73.4 cm³/mol. The fourth-order valence-electron chi connectivity index (χ4n) is 2.41. The van der Waals surface area contributed by atoms with Crippen LogP contribution >= 0.6 is 0 Å². The van der Waals surface area contributed by atoms with Crippen LogP contribution in [-0.2, 0) is 0 Å². The van der Waals surface area contributed by atoms with Crippen LogP contribution in [0.5, 0.6) is 5.75 Å². The Kier molecular flexibility index (Phi) is 2.85. The molecular weight excluding hydrogens is 261 g/mol. The number of aromatic nitrogens is 2. The molecule has 0 saturated carbocycles. The van der Waals surface area contributed by atoms with Gasteiger partial charge in [0.1, 0.15) is 5.75 Å². The maximum atomic E-state index is 13.1. The molecule has 0 unspecified atom stereocenters. The van der Waals surface area contributed by atoms with Crippen LogP contribution in [0.4, 0.5) is 8.78 Å². The van der Waals surface area contributed by atoms with E-state index in [1.807, 2.05) is 13.1 Å². The summed E-state index contributed by atoms with van der Waals surface area (Å²) in [7, 11) is 0.819.